The van der Waals surface area contributed by atoms with Crippen LogP contribution < -0.4 is 10.1 Å². The van der Waals surface area contributed by atoms with Crippen molar-refractivity contribution in [3.05, 3.63) is 92.4 Å². The number of hydrogen-bond donors (Lipinski definition) is 1. The zero-order valence-corrected chi connectivity index (χ0v) is 18.1. The normalized spacial score (nSPS) is 11.1. The highest BCUT2D eigenvalue weighted by Crippen LogP contribution is 2.30. The zero-order chi connectivity index (χ0) is 21.9. The van der Waals surface area contributed by atoms with Crippen LogP contribution in [0.2, 0.25) is 0 Å². The van der Waals surface area contributed by atoms with Crippen LogP contribution in [-0.2, 0) is 6.18 Å². The van der Waals surface area contributed by atoms with E-state index < -0.39 is 23.6 Å². The highest BCUT2D eigenvalue weighted by Gasteiger charge is 2.30. The van der Waals surface area contributed by atoms with Crippen molar-refractivity contribution in [1.29, 1.82) is 0 Å². The molecule has 0 aliphatic carbocycles. The number of ether oxygens (including phenoxy) is 1. The summed E-state index contributed by atoms with van der Waals surface area (Å²) in [5, 5.41) is 2.50. The molecule has 4 nitrogen and oxygen atoms in total. The van der Waals surface area contributed by atoms with Gasteiger partial charge in [-0.15, -0.1) is 0 Å². The number of hydrogen-bond acceptors (Lipinski definition) is 3. The van der Waals surface area contributed by atoms with Gasteiger partial charge in [-0.25, -0.2) is 4.79 Å². The molecule has 0 atom stereocenters. The molecule has 3 aromatic carbocycles. The van der Waals surface area contributed by atoms with E-state index in [0.29, 0.717) is 4.47 Å². The number of benzene rings is 3. The summed E-state index contributed by atoms with van der Waals surface area (Å²) in [5.74, 6) is -1.29. The molecule has 0 saturated heterocycles. The summed E-state index contributed by atoms with van der Waals surface area (Å²) in [6.45, 7) is 0. The van der Waals surface area contributed by atoms with Crippen LogP contribution in [0, 0.1) is 0 Å². The standard InChI is InChI=1S/C21H12Br2F3NO3/c22-14-5-1-12(2-6-14)20(29)30-18-10-7-15(23)11-17(18)19(28)27-16-8-3-13(4-9-16)21(24,25)26/h1-11H,(H,27,28). The second kappa shape index (κ2) is 9.01. The molecule has 0 unspecified atom stereocenters. The highest BCUT2D eigenvalue weighted by atomic mass is 79.9. The summed E-state index contributed by atoms with van der Waals surface area (Å²) in [6.07, 6.45) is -4.47. The zero-order valence-electron chi connectivity index (χ0n) is 15.0. The molecule has 0 aliphatic heterocycles. The third-order valence-electron chi connectivity index (χ3n) is 3.94. The van der Waals surface area contributed by atoms with Crippen molar-refractivity contribution in [2.75, 3.05) is 5.32 Å². The van der Waals surface area contributed by atoms with Crippen molar-refractivity contribution in [1.82, 2.24) is 0 Å². The minimum Gasteiger partial charge on any atom is -0.422 e. The van der Waals surface area contributed by atoms with Crippen LogP contribution >= 0.6 is 31.9 Å². The Morgan fingerprint density at radius 3 is 2.03 bits per heavy atom. The molecule has 0 aromatic heterocycles. The summed E-state index contributed by atoms with van der Waals surface area (Å²) in [7, 11) is 0. The number of alkyl halides is 3. The maximum Gasteiger partial charge on any atom is 0.416 e. The van der Waals surface area contributed by atoms with Crippen LogP contribution in [0.1, 0.15) is 26.3 Å². The summed E-state index contributed by atoms with van der Waals surface area (Å²) in [6, 6.07) is 15.0. The number of nitrogens with one attached hydrogen (secondary N) is 1. The van der Waals surface area contributed by atoms with Crippen LogP contribution in [0.4, 0.5) is 18.9 Å². The van der Waals surface area contributed by atoms with Gasteiger partial charge in [0, 0.05) is 14.6 Å². The Hall–Kier alpha value is -2.65. The van der Waals surface area contributed by atoms with Crippen molar-refractivity contribution in [3.63, 3.8) is 0 Å². The van der Waals surface area contributed by atoms with Crippen molar-refractivity contribution in [2.24, 2.45) is 0 Å². The predicted octanol–water partition coefficient (Wildman–Crippen LogP) is 6.70. The molecule has 0 radical (unpaired) electrons. The second-order valence-electron chi connectivity index (χ2n) is 6.07. The monoisotopic (exact) mass is 541 g/mol. The van der Waals surface area contributed by atoms with Crippen LogP contribution in [0.15, 0.2) is 75.7 Å². The first-order valence-electron chi connectivity index (χ1n) is 8.39. The number of esters is 1. The van der Waals surface area contributed by atoms with Gasteiger partial charge in [0.1, 0.15) is 5.75 Å². The van der Waals surface area contributed by atoms with Gasteiger partial charge in [-0.05, 0) is 66.7 Å². The predicted molar refractivity (Wildman–Crippen MR) is 113 cm³/mol. The van der Waals surface area contributed by atoms with E-state index in [2.05, 4.69) is 37.2 Å². The third kappa shape index (κ3) is 5.48. The van der Waals surface area contributed by atoms with Crippen molar-refractivity contribution in [2.45, 2.75) is 6.18 Å². The Morgan fingerprint density at radius 1 is 0.833 bits per heavy atom. The second-order valence-corrected chi connectivity index (χ2v) is 7.90. The van der Waals surface area contributed by atoms with E-state index in [9.17, 15) is 22.8 Å². The van der Waals surface area contributed by atoms with Crippen LogP contribution in [0.3, 0.4) is 0 Å². The largest absolute Gasteiger partial charge is 0.422 e. The molecule has 3 aromatic rings. The quantitative estimate of drug-likeness (QED) is 0.295. The van der Waals surface area contributed by atoms with E-state index in [1.54, 1.807) is 30.3 Å². The maximum absolute atomic E-state index is 12.7. The molecule has 0 spiro atoms. The van der Waals surface area contributed by atoms with Gasteiger partial charge in [0.05, 0.1) is 16.7 Å². The summed E-state index contributed by atoms with van der Waals surface area (Å²) in [4.78, 5) is 25.1. The molecule has 9 heteroatoms. The third-order valence-corrected chi connectivity index (χ3v) is 4.96. The Morgan fingerprint density at radius 2 is 1.43 bits per heavy atom. The van der Waals surface area contributed by atoms with Crippen molar-refractivity contribution >= 4 is 49.4 Å². The first-order chi connectivity index (χ1) is 14.1. The summed E-state index contributed by atoms with van der Waals surface area (Å²) in [5.41, 5.74) is -0.338. The molecule has 1 amide bonds. The molecular formula is C21H12Br2F3NO3. The number of halogens is 5. The van der Waals surface area contributed by atoms with Crippen LogP contribution in [-0.4, -0.2) is 11.9 Å². The number of amides is 1. The van der Waals surface area contributed by atoms with E-state index in [-0.39, 0.29) is 22.6 Å². The van der Waals surface area contributed by atoms with Gasteiger partial charge >= 0.3 is 12.1 Å². The Labute approximate surface area is 186 Å². The topological polar surface area (TPSA) is 55.4 Å². The number of carbonyl (C=O) groups is 2. The average molecular weight is 543 g/mol. The minimum absolute atomic E-state index is 0.00975. The number of rotatable bonds is 4. The maximum atomic E-state index is 12.7. The SMILES string of the molecule is O=C(Oc1ccc(Br)cc1C(=O)Nc1ccc(C(F)(F)F)cc1)c1ccc(Br)cc1. The first-order valence-corrected chi connectivity index (χ1v) is 9.98. The van der Waals surface area contributed by atoms with E-state index in [1.165, 1.54) is 12.1 Å². The molecule has 0 aliphatic rings. The molecule has 0 fully saturated rings. The van der Waals surface area contributed by atoms with Crippen molar-refractivity contribution < 1.29 is 27.5 Å². The fourth-order valence-corrected chi connectivity index (χ4v) is 3.08. The lowest BCUT2D eigenvalue weighted by atomic mass is 10.1. The molecule has 0 saturated carbocycles. The fraction of sp³-hybridized carbons (Fsp3) is 0.0476. The van der Waals surface area contributed by atoms with E-state index in [4.69, 9.17) is 4.74 Å². The Bertz CT molecular complexity index is 1080. The van der Waals surface area contributed by atoms with Gasteiger partial charge in [0.15, 0.2) is 0 Å². The molecule has 30 heavy (non-hydrogen) atoms. The van der Waals surface area contributed by atoms with Crippen LogP contribution in [0.5, 0.6) is 5.75 Å². The first kappa shape index (κ1) is 22.0. The van der Waals surface area contributed by atoms with Gasteiger partial charge < -0.3 is 10.1 Å². The van der Waals surface area contributed by atoms with E-state index in [0.717, 1.165) is 28.7 Å². The van der Waals surface area contributed by atoms with Crippen LogP contribution in [0.25, 0.3) is 0 Å². The molecule has 0 heterocycles. The molecule has 154 valence electrons. The summed E-state index contributed by atoms with van der Waals surface area (Å²) >= 11 is 6.52. The molecule has 3 rings (SSSR count). The van der Waals surface area contributed by atoms with Gasteiger partial charge in [0.25, 0.3) is 5.91 Å². The van der Waals surface area contributed by atoms with Gasteiger partial charge in [-0.1, -0.05) is 31.9 Å². The minimum atomic E-state index is -4.47. The van der Waals surface area contributed by atoms with Gasteiger partial charge in [-0.2, -0.15) is 13.2 Å². The molecule has 1 N–H and O–H groups in total. The number of anilines is 1. The lowest BCUT2D eigenvalue weighted by Crippen LogP contribution is -2.16. The average Bonchev–Trinajstić information content (AvgIpc) is 2.69. The molecular weight excluding hydrogens is 531 g/mol. The number of carbonyl (C=O) groups excluding carboxylic acids is 2. The van der Waals surface area contributed by atoms with E-state index >= 15 is 0 Å². The Balaban J connectivity index is 1.81. The van der Waals surface area contributed by atoms with Gasteiger partial charge in [-0.3, -0.25) is 4.79 Å². The molecule has 0 bridgehead atoms. The highest BCUT2D eigenvalue weighted by molar-refractivity contribution is 9.10. The van der Waals surface area contributed by atoms with E-state index in [1.807, 2.05) is 0 Å². The lowest BCUT2D eigenvalue weighted by molar-refractivity contribution is -0.137. The van der Waals surface area contributed by atoms with Gasteiger partial charge in [0.2, 0.25) is 0 Å². The Kier molecular flexibility index (Phi) is 6.62. The fourth-order valence-electron chi connectivity index (χ4n) is 2.45. The lowest BCUT2D eigenvalue weighted by Gasteiger charge is -2.12. The smallest absolute Gasteiger partial charge is 0.416 e. The van der Waals surface area contributed by atoms with Crippen molar-refractivity contribution in [3.8, 4) is 5.75 Å². The summed E-state index contributed by atoms with van der Waals surface area (Å²) < 4.78 is 44.8.